The molecule has 1 atom stereocenters. The largest absolute Gasteiger partial charge is 0.378 e. The lowest BCUT2D eigenvalue weighted by atomic mass is 10.1. The number of H-pyrrole nitrogens is 1. The highest BCUT2D eigenvalue weighted by Gasteiger charge is 2.17. The van der Waals surface area contributed by atoms with Crippen LogP contribution in [0.4, 0.5) is 10.2 Å². The van der Waals surface area contributed by atoms with Gasteiger partial charge in [-0.1, -0.05) is 26.7 Å². The minimum absolute atomic E-state index is 0.279. The first-order valence-corrected chi connectivity index (χ1v) is 11.5. The summed E-state index contributed by atoms with van der Waals surface area (Å²) < 4.78 is 18.4. The molecule has 0 aliphatic carbocycles. The Balaban J connectivity index is 0.000000245. The number of hydrogen-bond donors (Lipinski definition) is 3. The Labute approximate surface area is 197 Å². The van der Waals surface area contributed by atoms with Gasteiger partial charge in [-0.3, -0.25) is 4.79 Å². The number of nitrogens with one attached hydrogen (secondary N) is 2. The lowest BCUT2D eigenvalue weighted by Crippen LogP contribution is -2.17. The molecule has 1 unspecified atom stereocenters. The number of anilines is 1. The van der Waals surface area contributed by atoms with E-state index in [1.54, 1.807) is 17.8 Å². The van der Waals surface area contributed by atoms with Gasteiger partial charge in [-0.25, -0.2) is 14.4 Å². The summed E-state index contributed by atoms with van der Waals surface area (Å²) in [7, 11) is 1.78. The van der Waals surface area contributed by atoms with Crippen molar-refractivity contribution < 1.29 is 13.9 Å². The van der Waals surface area contributed by atoms with Crippen LogP contribution in [0.15, 0.2) is 36.8 Å². The van der Waals surface area contributed by atoms with Crippen molar-refractivity contribution >= 4 is 28.4 Å². The highest BCUT2D eigenvalue weighted by Crippen LogP contribution is 2.29. The van der Waals surface area contributed by atoms with E-state index < -0.39 is 12.1 Å². The van der Waals surface area contributed by atoms with Gasteiger partial charge < -0.3 is 20.8 Å². The Morgan fingerprint density at radius 3 is 2.76 bits per heavy atom. The fourth-order valence-electron chi connectivity index (χ4n) is 3.32. The maximum Gasteiger partial charge on any atom is 0.254 e. The van der Waals surface area contributed by atoms with Crippen LogP contribution in [0.2, 0.25) is 0 Å². The molecule has 4 aromatic rings. The zero-order chi connectivity index (χ0) is 24.5. The summed E-state index contributed by atoms with van der Waals surface area (Å²) in [5.41, 5.74) is 8.47. The van der Waals surface area contributed by atoms with E-state index in [4.69, 9.17) is 10.5 Å². The standard InChI is InChI=1S/C15H13N7O.C5H9FO.C4H10/c1-17-12-5-11(9-6-19-14-8(9)3-2-4-18-14)21-15-10(13(16)23)7-20-22(12)15;6-5-2-1-3-7-4-5;1-3-4-2/h2-7,17H,1H3,(H2,16,23)(H,18,19);5H,1-4H2;3-4H2,1-2H3. The molecule has 0 spiro atoms. The SMILES string of the molecule is CCCC.CNc1cc(-c2c[nH]c3ncccc23)nc2c(C(N)=O)cnn12.FC1CCCOC1. The molecule has 4 aromatic heterocycles. The van der Waals surface area contributed by atoms with Crippen LogP contribution >= 0.6 is 0 Å². The number of unbranched alkanes of at least 4 members (excludes halogenated alkanes) is 1. The molecule has 5 rings (SSSR count). The predicted octanol–water partition coefficient (Wildman–Crippen LogP) is 4.35. The number of nitrogens with zero attached hydrogens (tertiary/aromatic N) is 4. The van der Waals surface area contributed by atoms with Gasteiger partial charge >= 0.3 is 0 Å². The van der Waals surface area contributed by atoms with Gasteiger partial charge in [0, 0.05) is 43.1 Å². The molecular weight excluding hydrogens is 437 g/mol. The van der Waals surface area contributed by atoms with Gasteiger partial charge in [0.2, 0.25) is 0 Å². The molecule has 0 radical (unpaired) electrons. The van der Waals surface area contributed by atoms with Gasteiger partial charge in [-0.05, 0) is 25.0 Å². The zero-order valence-electron chi connectivity index (χ0n) is 19.8. The van der Waals surface area contributed by atoms with Crippen LogP contribution in [-0.2, 0) is 4.74 Å². The summed E-state index contributed by atoms with van der Waals surface area (Å²) in [5.74, 6) is 0.142. The fraction of sp³-hybridized carbons (Fsp3) is 0.417. The fourth-order valence-corrected chi connectivity index (χ4v) is 3.32. The maximum atomic E-state index is 12.1. The molecule has 5 heterocycles. The Morgan fingerprint density at radius 2 is 2.18 bits per heavy atom. The third kappa shape index (κ3) is 5.88. The molecule has 1 aliphatic heterocycles. The molecule has 0 saturated carbocycles. The van der Waals surface area contributed by atoms with Crippen LogP contribution in [0.3, 0.4) is 0 Å². The number of rotatable bonds is 4. The number of halogens is 1. The van der Waals surface area contributed by atoms with E-state index in [0.29, 0.717) is 30.2 Å². The maximum absolute atomic E-state index is 12.1. The number of pyridine rings is 1. The molecule has 1 fully saturated rings. The number of carbonyl (C=O) groups is 1. The lowest BCUT2D eigenvalue weighted by Gasteiger charge is -2.13. The number of ether oxygens (including phenoxy) is 1. The number of aromatic nitrogens is 5. The lowest BCUT2D eigenvalue weighted by molar-refractivity contribution is 0.0366. The van der Waals surface area contributed by atoms with Crippen molar-refractivity contribution in [2.45, 2.75) is 45.7 Å². The number of amides is 1. The highest BCUT2D eigenvalue weighted by molar-refractivity contribution is 5.99. The summed E-state index contributed by atoms with van der Waals surface area (Å²) in [5, 5.41) is 8.17. The summed E-state index contributed by atoms with van der Waals surface area (Å²) in [6.07, 6.45) is 8.53. The van der Waals surface area contributed by atoms with Crippen LogP contribution in [0.5, 0.6) is 0 Å². The van der Waals surface area contributed by atoms with Crippen molar-refractivity contribution in [3.63, 3.8) is 0 Å². The monoisotopic (exact) mass is 469 g/mol. The third-order valence-corrected chi connectivity index (χ3v) is 5.33. The van der Waals surface area contributed by atoms with Crippen LogP contribution in [0.25, 0.3) is 27.9 Å². The van der Waals surface area contributed by atoms with E-state index in [9.17, 15) is 9.18 Å². The molecule has 34 heavy (non-hydrogen) atoms. The number of fused-ring (bicyclic) bond motifs is 2. The van der Waals surface area contributed by atoms with Crippen LogP contribution in [-0.4, -0.2) is 56.9 Å². The van der Waals surface area contributed by atoms with Gasteiger partial charge in [-0.2, -0.15) is 9.61 Å². The van der Waals surface area contributed by atoms with E-state index >= 15 is 0 Å². The third-order valence-electron chi connectivity index (χ3n) is 5.33. The average molecular weight is 470 g/mol. The van der Waals surface area contributed by atoms with E-state index in [1.807, 2.05) is 24.4 Å². The number of hydrogen-bond acceptors (Lipinski definition) is 6. The number of carbonyl (C=O) groups excluding carboxylic acids is 1. The second-order valence-electron chi connectivity index (χ2n) is 7.85. The van der Waals surface area contributed by atoms with Crippen molar-refractivity contribution in [2.24, 2.45) is 5.73 Å². The molecule has 0 bridgehead atoms. The highest BCUT2D eigenvalue weighted by atomic mass is 19.1. The zero-order valence-corrected chi connectivity index (χ0v) is 19.8. The summed E-state index contributed by atoms with van der Waals surface area (Å²) in [4.78, 5) is 23.5. The van der Waals surface area contributed by atoms with E-state index in [0.717, 1.165) is 29.6 Å². The number of primary amides is 1. The summed E-state index contributed by atoms with van der Waals surface area (Å²) in [6.45, 7) is 5.43. The Kier molecular flexibility index (Phi) is 8.92. The molecule has 10 heteroatoms. The van der Waals surface area contributed by atoms with Gasteiger partial charge in [0.15, 0.2) is 5.65 Å². The quantitative estimate of drug-likeness (QED) is 0.408. The van der Waals surface area contributed by atoms with Crippen molar-refractivity contribution in [3.8, 4) is 11.3 Å². The van der Waals surface area contributed by atoms with Crippen LogP contribution in [0, 0.1) is 0 Å². The van der Waals surface area contributed by atoms with Crippen molar-refractivity contribution in [2.75, 3.05) is 25.6 Å². The van der Waals surface area contributed by atoms with Gasteiger partial charge in [0.25, 0.3) is 5.91 Å². The van der Waals surface area contributed by atoms with E-state index in [2.05, 4.69) is 39.2 Å². The minimum Gasteiger partial charge on any atom is -0.378 e. The van der Waals surface area contributed by atoms with Crippen molar-refractivity contribution in [1.82, 2.24) is 24.6 Å². The molecular formula is C24H32FN7O2. The van der Waals surface area contributed by atoms with E-state index in [1.165, 1.54) is 19.0 Å². The topological polar surface area (TPSA) is 123 Å². The first-order chi connectivity index (χ1) is 16.5. The first-order valence-electron chi connectivity index (χ1n) is 11.5. The number of alkyl halides is 1. The smallest absolute Gasteiger partial charge is 0.254 e. The summed E-state index contributed by atoms with van der Waals surface area (Å²) >= 11 is 0. The average Bonchev–Trinajstić information content (AvgIpc) is 3.49. The van der Waals surface area contributed by atoms with Gasteiger partial charge in [0.05, 0.1) is 18.5 Å². The normalized spacial score (nSPS) is 15.2. The Hall–Kier alpha value is -3.53. The molecule has 0 aromatic carbocycles. The van der Waals surface area contributed by atoms with Crippen LogP contribution in [0.1, 0.15) is 49.9 Å². The minimum atomic E-state index is -0.686. The molecule has 9 nitrogen and oxygen atoms in total. The molecule has 1 aliphatic rings. The number of nitrogens with two attached hydrogens (primary N) is 1. The molecule has 182 valence electrons. The first kappa shape index (κ1) is 25.1. The van der Waals surface area contributed by atoms with Crippen LogP contribution < -0.4 is 11.1 Å². The van der Waals surface area contributed by atoms with Gasteiger partial charge in [-0.15, -0.1) is 0 Å². The molecule has 1 amide bonds. The summed E-state index contributed by atoms with van der Waals surface area (Å²) in [6, 6.07) is 5.69. The Morgan fingerprint density at radius 1 is 1.38 bits per heavy atom. The van der Waals surface area contributed by atoms with Crippen molar-refractivity contribution in [1.29, 1.82) is 0 Å². The van der Waals surface area contributed by atoms with Crippen molar-refractivity contribution in [3.05, 3.63) is 42.4 Å². The predicted molar refractivity (Wildman–Crippen MR) is 132 cm³/mol. The molecule has 4 N–H and O–H groups in total. The molecule has 1 saturated heterocycles. The second kappa shape index (κ2) is 12.1. The van der Waals surface area contributed by atoms with E-state index in [-0.39, 0.29) is 5.56 Å². The number of aromatic amines is 1. The van der Waals surface area contributed by atoms with Gasteiger partial charge in [0.1, 0.15) is 23.2 Å². The second-order valence-corrected chi connectivity index (χ2v) is 7.85. The Bertz CT molecular complexity index is 1210.